The highest BCUT2D eigenvalue weighted by Crippen LogP contribution is 2.35. The lowest BCUT2D eigenvalue weighted by molar-refractivity contribution is 0.587. The lowest BCUT2D eigenvalue weighted by Gasteiger charge is -2.27. The standard InChI is InChI=1S/C17H27ClN2/c1-4-5-10-20(16-7-8-16)17-9-6-15(18)11-14(17)12-19-13(2)3/h6,9,11,13,16,19H,4-5,7-8,10,12H2,1-3H3. The van der Waals surface area contributed by atoms with E-state index in [0.29, 0.717) is 6.04 Å². The molecule has 0 amide bonds. The molecule has 1 N–H and O–H groups in total. The molecule has 0 saturated heterocycles. The second-order valence-electron chi connectivity index (χ2n) is 6.09. The van der Waals surface area contributed by atoms with Crippen molar-refractivity contribution in [2.75, 3.05) is 11.4 Å². The first-order valence-corrected chi connectivity index (χ1v) is 8.28. The lowest BCUT2D eigenvalue weighted by atomic mass is 10.1. The number of hydrogen-bond donors (Lipinski definition) is 1. The number of halogens is 1. The van der Waals surface area contributed by atoms with E-state index in [1.165, 1.54) is 36.9 Å². The molecule has 2 nitrogen and oxygen atoms in total. The molecule has 0 radical (unpaired) electrons. The van der Waals surface area contributed by atoms with Gasteiger partial charge in [-0.05, 0) is 43.0 Å². The van der Waals surface area contributed by atoms with Gasteiger partial charge in [-0.2, -0.15) is 0 Å². The summed E-state index contributed by atoms with van der Waals surface area (Å²) in [5.41, 5.74) is 2.70. The van der Waals surface area contributed by atoms with Gasteiger partial charge in [0.15, 0.2) is 0 Å². The molecule has 1 fully saturated rings. The smallest absolute Gasteiger partial charge is 0.0415 e. The summed E-state index contributed by atoms with van der Waals surface area (Å²) in [4.78, 5) is 2.59. The Hall–Kier alpha value is -0.730. The van der Waals surface area contributed by atoms with Gasteiger partial charge >= 0.3 is 0 Å². The van der Waals surface area contributed by atoms with Crippen molar-refractivity contribution in [3.05, 3.63) is 28.8 Å². The van der Waals surface area contributed by atoms with Crippen molar-refractivity contribution in [3.8, 4) is 0 Å². The topological polar surface area (TPSA) is 15.3 Å². The van der Waals surface area contributed by atoms with E-state index in [1.807, 2.05) is 6.07 Å². The van der Waals surface area contributed by atoms with Crippen LogP contribution in [0.25, 0.3) is 0 Å². The molecule has 3 heteroatoms. The van der Waals surface area contributed by atoms with Crippen LogP contribution in [0.4, 0.5) is 5.69 Å². The average Bonchev–Trinajstić information content (AvgIpc) is 3.23. The van der Waals surface area contributed by atoms with Crippen LogP contribution in [-0.2, 0) is 6.54 Å². The third-order valence-corrected chi connectivity index (χ3v) is 4.03. The molecule has 0 aliphatic heterocycles. The minimum Gasteiger partial charge on any atom is -0.368 e. The molecule has 0 atom stereocenters. The first-order chi connectivity index (χ1) is 9.61. The molecule has 20 heavy (non-hydrogen) atoms. The summed E-state index contributed by atoms with van der Waals surface area (Å²) >= 11 is 6.19. The third kappa shape index (κ3) is 4.39. The fourth-order valence-corrected chi connectivity index (χ4v) is 2.70. The first kappa shape index (κ1) is 15.7. The molecule has 0 aromatic heterocycles. The van der Waals surface area contributed by atoms with E-state index in [2.05, 4.69) is 43.1 Å². The Morgan fingerprint density at radius 1 is 1.35 bits per heavy atom. The number of anilines is 1. The quantitative estimate of drug-likeness (QED) is 0.753. The highest BCUT2D eigenvalue weighted by atomic mass is 35.5. The predicted octanol–water partition coefficient (Wildman–Crippen LogP) is 4.61. The van der Waals surface area contributed by atoms with E-state index in [4.69, 9.17) is 11.6 Å². The van der Waals surface area contributed by atoms with Crippen molar-refractivity contribution < 1.29 is 0 Å². The Morgan fingerprint density at radius 3 is 2.70 bits per heavy atom. The van der Waals surface area contributed by atoms with Crippen molar-refractivity contribution in [1.29, 1.82) is 0 Å². The zero-order chi connectivity index (χ0) is 14.5. The van der Waals surface area contributed by atoms with E-state index in [1.54, 1.807) is 0 Å². The molecule has 1 aromatic carbocycles. The molecule has 1 aliphatic carbocycles. The van der Waals surface area contributed by atoms with E-state index >= 15 is 0 Å². The van der Waals surface area contributed by atoms with Crippen LogP contribution in [-0.4, -0.2) is 18.6 Å². The molecule has 0 spiro atoms. The van der Waals surface area contributed by atoms with Crippen molar-refractivity contribution in [3.63, 3.8) is 0 Å². The van der Waals surface area contributed by atoms with Gasteiger partial charge in [0.05, 0.1) is 0 Å². The molecule has 112 valence electrons. The van der Waals surface area contributed by atoms with Crippen LogP contribution >= 0.6 is 11.6 Å². The fraction of sp³-hybridized carbons (Fsp3) is 0.647. The number of nitrogens with zero attached hydrogens (tertiary/aromatic N) is 1. The first-order valence-electron chi connectivity index (χ1n) is 7.90. The van der Waals surface area contributed by atoms with E-state index in [9.17, 15) is 0 Å². The molecule has 0 unspecified atom stereocenters. The van der Waals surface area contributed by atoms with Crippen LogP contribution in [0.15, 0.2) is 18.2 Å². The Bertz CT molecular complexity index is 427. The van der Waals surface area contributed by atoms with Gasteiger partial charge in [-0.1, -0.05) is 38.8 Å². The van der Waals surface area contributed by atoms with E-state index < -0.39 is 0 Å². The fourth-order valence-electron chi connectivity index (χ4n) is 2.50. The molecule has 2 rings (SSSR count). The van der Waals surface area contributed by atoms with Gasteiger partial charge in [0.25, 0.3) is 0 Å². The predicted molar refractivity (Wildman–Crippen MR) is 88.7 cm³/mol. The average molecular weight is 295 g/mol. The number of hydrogen-bond acceptors (Lipinski definition) is 2. The molecule has 0 heterocycles. The van der Waals surface area contributed by atoms with Gasteiger partial charge in [-0.25, -0.2) is 0 Å². The number of rotatable bonds is 8. The Kier molecular flexibility index (Phi) is 5.74. The summed E-state index contributed by atoms with van der Waals surface area (Å²) in [5.74, 6) is 0. The van der Waals surface area contributed by atoms with Crippen LogP contribution < -0.4 is 10.2 Å². The molecule has 1 saturated carbocycles. The van der Waals surface area contributed by atoms with Crippen LogP contribution in [0.2, 0.25) is 5.02 Å². The van der Waals surface area contributed by atoms with Crippen LogP contribution in [0.3, 0.4) is 0 Å². The Labute approximate surface area is 128 Å². The second kappa shape index (κ2) is 7.33. The number of nitrogens with one attached hydrogen (secondary N) is 1. The van der Waals surface area contributed by atoms with Crippen LogP contribution in [0, 0.1) is 0 Å². The summed E-state index contributed by atoms with van der Waals surface area (Å²) in [7, 11) is 0. The van der Waals surface area contributed by atoms with Gasteiger partial charge in [-0.3, -0.25) is 0 Å². The van der Waals surface area contributed by atoms with Gasteiger partial charge in [0.2, 0.25) is 0 Å². The van der Waals surface area contributed by atoms with Crippen molar-refractivity contribution in [1.82, 2.24) is 5.32 Å². The minimum absolute atomic E-state index is 0.492. The summed E-state index contributed by atoms with van der Waals surface area (Å²) in [6.45, 7) is 8.68. The van der Waals surface area contributed by atoms with Crippen molar-refractivity contribution >= 4 is 17.3 Å². The highest BCUT2D eigenvalue weighted by molar-refractivity contribution is 6.30. The van der Waals surface area contributed by atoms with E-state index in [-0.39, 0.29) is 0 Å². The van der Waals surface area contributed by atoms with Crippen LogP contribution in [0.5, 0.6) is 0 Å². The minimum atomic E-state index is 0.492. The summed E-state index contributed by atoms with van der Waals surface area (Å²) in [6.07, 6.45) is 5.18. The Balaban J connectivity index is 2.18. The Morgan fingerprint density at radius 2 is 2.10 bits per heavy atom. The second-order valence-corrected chi connectivity index (χ2v) is 6.52. The summed E-state index contributed by atoms with van der Waals surface area (Å²) in [5, 5.41) is 4.35. The number of unbranched alkanes of at least 4 members (excludes halogenated alkanes) is 1. The number of benzene rings is 1. The third-order valence-electron chi connectivity index (χ3n) is 3.79. The maximum absolute atomic E-state index is 6.19. The molecule has 1 aliphatic rings. The summed E-state index contributed by atoms with van der Waals surface area (Å²) < 4.78 is 0. The molecular formula is C17H27ClN2. The van der Waals surface area contributed by atoms with Gasteiger partial charge in [-0.15, -0.1) is 0 Å². The monoisotopic (exact) mass is 294 g/mol. The van der Waals surface area contributed by atoms with Crippen molar-refractivity contribution in [2.45, 2.75) is 65.1 Å². The maximum Gasteiger partial charge on any atom is 0.0415 e. The van der Waals surface area contributed by atoms with Gasteiger partial charge in [0.1, 0.15) is 0 Å². The zero-order valence-electron chi connectivity index (χ0n) is 13.0. The van der Waals surface area contributed by atoms with Gasteiger partial charge in [0, 0.05) is 35.9 Å². The van der Waals surface area contributed by atoms with Gasteiger partial charge < -0.3 is 10.2 Å². The SMILES string of the molecule is CCCCN(c1ccc(Cl)cc1CNC(C)C)C1CC1. The normalized spacial score (nSPS) is 14.8. The van der Waals surface area contributed by atoms with E-state index in [0.717, 1.165) is 24.2 Å². The molecule has 1 aromatic rings. The largest absolute Gasteiger partial charge is 0.368 e. The highest BCUT2D eigenvalue weighted by Gasteiger charge is 2.29. The summed E-state index contributed by atoms with van der Waals surface area (Å²) in [6, 6.07) is 7.59. The molecular weight excluding hydrogens is 268 g/mol. The maximum atomic E-state index is 6.19. The lowest BCUT2D eigenvalue weighted by Crippen LogP contribution is -2.29. The molecule has 0 bridgehead atoms. The zero-order valence-corrected chi connectivity index (χ0v) is 13.7. The van der Waals surface area contributed by atoms with Crippen LogP contribution in [0.1, 0.15) is 52.0 Å². The van der Waals surface area contributed by atoms with Crippen molar-refractivity contribution in [2.24, 2.45) is 0 Å².